The van der Waals surface area contributed by atoms with Crippen LogP contribution in [0.1, 0.15) is 34.1 Å². The van der Waals surface area contributed by atoms with Crippen LogP contribution >= 0.6 is 0 Å². The number of hydrogen-bond acceptors (Lipinski definition) is 6. The van der Waals surface area contributed by atoms with Crippen LogP contribution in [-0.4, -0.2) is 40.0 Å². The molecule has 1 atom stereocenters. The van der Waals surface area contributed by atoms with Crippen LogP contribution in [0, 0.1) is 6.92 Å². The Bertz CT molecular complexity index is 1160. The van der Waals surface area contributed by atoms with Gasteiger partial charge in [0.1, 0.15) is 5.82 Å². The monoisotopic (exact) mass is 471 g/mol. The maximum absolute atomic E-state index is 12.6. The lowest BCUT2D eigenvalue weighted by atomic mass is 9.99. The van der Waals surface area contributed by atoms with E-state index in [1.54, 1.807) is 48.7 Å². The van der Waals surface area contributed by atoms with Gasteiger partial charge in [-0.1, -0.05) is 30.3 Å². The molecule has 0 aliphatic heterocycles. The number of anilines is 2. The Labute approximate surface area is 194 Å². The summed E-state index contributed by atoms with van der Waals surface area (Å²) >= 11 is 0. The predicted octanol–water partition coefficient (Wildman–Crippen LogP) is 1.56. The number of nitrogens with zero attached hydrogens (tertiary/aromatic N) is 2. The highest BCUT2D eigenvalue weighted by Crippen LogP contribution is 2.23. The van der Waals surface area contributed by atoms with Crippen molar-refractivity contribution in [1.82, 2.24) is 15.3 Å². The van der Waals surface area contributed by atoms with Gasteiger partial charge in [-0.05, 0) is 24.6 Å². The number of carbonyl (C=O) groups is 1. The van der Waals surface area contributed by atoms with E-state index in [2.05, 4.69) is 25.3 Å². The smallest absolute Gasteiger partial charge is 0.345 e. The van der Waals surface area contributed by atoms with Crippen LogP contribution in [0.25, 0.3) is 0 Å². The van der Waals surface area contributed by atoms with E-state index in [-0.39, 0.29) is 17.2 Å². The van der Waals surface area contributed by atoms with Crippen LogP contribution in [0.2, 0.25) is 0 Å². The molecule has 3 aromatic rings. The molecule has 0 aliphatic rings. The molecule has 0 bridgehead atoms. The number of nitrogens with one attached hydrogen (secondary N) is 2. The highest BCUT2D eigenvalue weighted by Gasteiger charge is 2.22. The zero-order valence-corrected chi connectivity index (χ0v) is 18.3. The number of carbonyl (C=O) groups excluding carboxylic acids is 1. The van der Waals surface area contributed by atoms with E-state index in [1.807, 2.05) is 6.92 Å². The maximum Gasteiger partial charge on any atom is 0.345 e. The van der Waals surface area contributed by atoms with Crippen LogP contribution in [0.3, 0.4) is 0 Å². The van der Waals surface area contributed by atoms with Crippen molar-refractivity contribution >= 4 is 23.2 Å². The molecule has 0 fully saturated rings. The molecule has 0 unspecified atom stereocenters. The van der Waals surface area contributed by atoms with Gasteiger partial charge in [0.15, 0.2) is 0 Å². The van der Waals surface area contributed by atoms with Gasteiger partial charge in [-0.15, -0.1) is 0 Å². The van der Waals surface area contributed by atoms with E-state index in [0.29, 0.717) is 22.4 Å². The number of pyridine rings is 2. The van der Waals surface area contributed by atoms with E-state index in [0.717, 1.165) is 5.69 Å². The lowest BCUT2D eigenvalue weighted by molar-refractivity contribution is -0.133. The highest BCUT2D eigenvalue weighted by atomic mass is 19.3. The van der Waals surface area contributed by atoms with Gasteiger partial charge in [0.05, 0.1) is 36.2 Å². The van der Waals surface area contributed by atoms with Gasteiger partial charge in [-0.2, -0.15) is 8.78 Å². The number of nitrogens with two attached hydrogens (primary N) is 2. The van der Waals surface area contributed by atoms with Crippen LogP contribution in [0.5, 0.6) is 0 Å². The molecule has 2 heterocycles. The van der Waals surface area contributed by atoms with Crippen LogP contribution in [0.15, 0.2) is 54.7 Å². The largest absolute Gasteiger partial charge is 0.398 e. The molecule has 9 nitrogen and oxygen atoms in total. The quantitative estimate of drug-likeness (QED) is 0.299. The number of urea groups is 1. The van der Waals surface area contributed by atoms with E-state index < -0.39 is 31.9 Å². The number of aliphatic hydroxyl groups excluding tert-OH is 1. The number of amides is 2. The van der Waals surface area contributed by atoms with Crippen molar-refractivity contribution in [3.05, 3.63) is 82.8 Å². The fourth-order valence-electron chi connectivity index (χ4n) is 3.35. The maximum atomic E-state index is 12.6. The lowest BCUT2D eigenvalue weighted by Crippen LogP contribution is -2.42. The molecule has 7 N–H and O–H groups in total. The molecule has 0 spiro atoms. The molecule has 1 aromatic carbocycles. The molecule has 0 aliphatic carbocycles. The molecule has 2 aromatic heterocycles. The van der Waals surface area contributed by atoms with Gasteiger partial charge in [-0.3, -0.25) is 15.7 Å². The average molecular weight is 471 g/mol. The van der Waals surface area contributed by atoms with Crippen molar-refractivity contribution in [2.45, 2.75) is 26.2 Å². The van der Waals surface area contributed by atoms with Crippen LogP contribution in [0.4, 0.5) is 25.1 Å². The van der Waals surface area contributed by atoms with Crippen molar-refractivity contribution in [2.75, 3.05) is 17.7 Å². The van der Waals surface area contributed by atoms with E-state index in [1.165, 1.54) is 6.07 Å². The summed E-state index contributed by atoms with van der Waals surface area (Å²) in [7, 11) is 0. The summed E-state index contributed by atoms with van der Waals surface area (Å²) in [6.07, 6.45) is 1.60. The minimum atomic E-state index is -2.98. The summed E-state index contributed by atoms with van der Waals surface area (Å²) in [5.74, 6) is 0.0445. The van der Waals surface area contributed by atoms with Gasteiger partial charge in [0.25, 0.3) is 0 Å². The summed E-state index contributed by atoms with van der Waals surface area (Å²) in [6.45, 7) is -2.10. The SMILES string of the molecule is Cc1cc(C(=[NH2+])c2c(N)cc(NC(=O)N[C@H](COC(F)F)c3ccccc3)nc2CO)ccn1. The Hall–Kier alpha value is -3.96. The molecular formula is C23H25F2N6O3+. The first-order valence-corrected chi connectivity index (χ1v) is 10.3. The van der Waals surface area contributed by atoms with Crippen molar-refractivity contribution < 1.29 is 28.8 Å². The second kappa shape index (κ2) is 11.3. The third-order valence-electron chi connectivity index (χ3n) is 4.89. The van der Waals surface area contributed by atoms with Crippen molar-refractivity contribution in [3.8, 4) is 0 Å². The van der Waals surface area contributed by atoms with Gasteiger partial charge in [0, 0.05) is 23.5 Å². The fourth-order valence-corrected chi connectivity index (χ4v) is 3.35. The third-order valence-corrected chi connectivity index (χ3v) is 4.89. The molecule has 11 heteroatoms. The summed E-state index contributed by atoms with van der Waals surface area (Å²) in [5, 5.41) is 21.2. The Morgan fingerprint density at radius 2 is 1.97 bits per heavy atom. The third kappa shape index (κ3) is 6.30. The summed E-state index contributed by atoms with van der Waals surface area (Å²) < 4.78 is 29.5. The molecule has 0 saturated heterocycles. The fraction of sp³-hybridized carbons (Fsp3) is 0.217. The molecule has 3 rings (SSSR count). The number of nitrogen functional groups attached to an aromatic ring is 1. The minimum Gasteiger partial charge on any atom is -0.398 e. The Kier molecular flexibility index (Phi) is 8.17. The summed E-state index contributed by atoms with van der Waals surface area (Å²) in [5.41, 5.74) is 9.13. The minimum absolute atomic E-state index is 0.0445. The van der Waals surface area contributed by atoms with Gasteiger partial charge in [-0.25, -0.2) is 9.78 Å². The zero-order chi connectivity index (χ0) is 24.7. The standard InChI is InChI=1S/C23H24F2N6O3/c1-13-9-15(7-8-28-13)21(27)20-16(26)10-19(29-17(20)11-32)31-23(33)30-18(12-34-22(24)25)14-5-3-2-4-6-14/h2-10,18,22,27,32H,11-12H2,1H3,(H4,26,29,30,31,33)/p+1/t18-/m1/s1. The lowest BCUT2D eigenvalue weighted by Gasteiger charge is -2.20. The number of alkyl halides is 2. The predicted molar refractivity (Wildman–Crippen MR) is 122 cm³/mol. The van der Waals surface area contributed by atoms with E-state index in [4.69, 9.17) is 11.1 Å². The molecule has 0 radical (unpaired) electrons. The Balaban J connectivity index is 1.80. The highest BCUT2D eigenvalue weighted by molar-refractivity contribution is 6.13. The molecule has 178 valence electrons. The number of aliphatic hydroxyl groups is 1. The first-order chi connectivity index (χ1) is 16.3. The van der Waals surface area contributed by atoms with Crippen molar-refractivity contribution in [1.29, 1.82) is 0 Å². The van der Waals surface area contributed by atoms with Gasteiger partial charge >= 0.3 is 12.6 Å². The first-order valence-electron chi connectivity index (χ1n) is 10.3. The van der Waals surface area contributed by atoms with E-state index in [9.17, 15) is 18.7 Å². The second-order valence-electron chi connectivity index (χ2n) is 7.33. The molecular weight excluding hydrogens is 446 g/mol. The van der Waals surface area contributed by atoms with Crippen LogP contribution < -0.4 is 21.8 Å². The second-order valence-corrected chi connectivity index (χ2v) is 7.33. The summed E-state index contributed by atoms with van der Waals surface area (Å²) in [6, 6.07) is 11.8. The number of hydrogen-bond donors (Lipinski definition) is 5. The Morgan fingerprint density at radius 3 is 2.62 bits per heavy atom. The molecule has 0 saturated carbocycles. The molecule has 34 heavy (non-hydrogen) atoms. The number of halogens is 2. The topological polar surface area (TPSA) is 148 Å². The number of aromatic nitrogens is 2. The number of benzene rings is 1. The molecule has 2 amide bonds. The first kappa shape index (κ1) is 24.7. The normalized spacial score (nSPS) is 11.8. The van der Waals surface area contributed by atoms with E-state index >= 15 is 0 Å². The van der Waals surface area contributed by atoms with Gasteiger partial charge in [0.2, 0.25) is 5.71 Å². The summed E-state index contributed by atoms with van der Waals surface area (Å²) in [4.78, 5) is 21.0. The Morgan fingerprint density at radius 1 is 1.24 bits per heavy atom. The average Bonchev–Trinajstić information content (AvgIpc) is 2.81. The van der Waals surface area contributed by atoms with Crippen molar-refractivity contribution in [2.24, 2.45) is 0 Å². The number of rotatable bonds is 9. The zero-order valence-electron chi connectivity index (χ0n) is 18.3. The van der Waals surface area contributed by atoms with Crippen molar-refractivity contribution in [3.63, 3.8) is 0 Å². The number of ether oxygens (including phenoxy) is 1. The number of aryl methyl sites for hydroxylation is 1. The van der Waals surface area contributed by atoms with Gasteiger partial charge < -0.3 is 20.9 Å². The van der Waals surface area contributed by atoms with Crippen LogP contribution in [-0.2, 0) is 11.3 Å².